The molecule has 0 spiro atoms. The van der Waals surface area contributed by atoms with Gasteiger partial charge in [0, 0.05) is 5.69 Å². The summed E-state index contributed by atoms with van der Waals surface area (Å²) in [6.07, 6.45) is 0.649. The number of hydrogen-bond donors (Lipinski definition) is 2. The van der Waals surface area contributed by atoms with Crippen molar-refractivity contribution >= 4 is 11.6 Å². The minimum absolute atomic E-state index is 0.0776. The van der Waals surface area contributed by atoms with Gasteiger partial charge in [-0.15, -0.1) is 0 Å². The minimum atomic E-state index is -0.791. The van der Waals surface area contributed by atoms with Crippen LogP contribution in [0.5, 0.6) is 17.2 Å². The summed E-state index contributed by atoms with van der Waals surface area (Å²) in [7, 11) is 1.59. The zero-order chi connectivity index (χ0) is 19.8. The molecule has 1 atom stereocenters. The molecule has 1 amide bonds. The molecule has 28 heavy (non-hydrogen) atoms. The Morgan fingerprint density at radius 3 is 2.07 bits per heavy atom. The smallest absolute Gasteiger partial charge is 0.291 e. The normalized spacial score (nSPS) is 11.5. The molecular formula is C21H21NO6. The third-order valence-electron chi connectivity index (χ3n) is 3.80. The van der Waals surface area contributed by atoms with E-state index in [4.69, 9.17) is 18.6 Å². The lowest BCUT2D eigenvalue weighted by Crippen LogP contribution is -2.25. The fourth-order valence-electron chi connectivity index (χ4n) is 2.34. The van der Waals surface area contributed by atoms with Gasteiger partial charge in [0.25, 0.3) is 5.91 Å². The van der Waals surface area contributed by atoms with Gasteiger partial charge in [-0.3, -0.25) is 4.79 Å². The lowest BCUT2D eigenvalue weighted by molar-refractivity contribution is 0.0626. The van der Waals surface area contributed by atoms with Gasteiger partial charge in [0.05, 0.1) is 13.4 Å². The Kier molecular flexibility index (Phi) is 6.54. The number of aliphatic hydroxyl groups excluding tert-OH is 1. The SMILES string of the molecule is COc1ccc(OCC(O)COc2ccc(NC(=O)c3ccco3)cc2)cc1. The molecule has 146 valence electrons. The monoisotopic (exact) mass is 383 g/mol. The molecule has 0 saturated carbocycles. The van der Waals surface area contributed by atoms with Gasteiger partial charge in [-0.1, -0.05) is 0 Å². The van der Waals surface area contributed by atoms with Crippen LogP contribution < -0.4 is 19.5 Å². The van der Waals surface area contributed by atoms with E-state index >= 15 is 0 Å². The van der Waals surface area contributed by atoms with Crippen molar-refractivity contribution in [2.45, 2.75) is 6.10 Å². The third-order valence-corrected chi connectivity index (χ3v) is 3.80. The van der Waals surface area contributed by atoms with Crippen molar-refractivity contribution in [3.63, 3.8) is 0 Å². The van der Waals surface area contributed by atoms with Crippen molar-refractivity contribution in [2.24, 2.45) is 0 Å². The molecule has 0 radical (unpaired) electrons. The van der Waals surface area contributed by atoms with Crippen LogP contribution in [0.4, 0.5) is 5.69 Å². The molecule has 7 heteroatoms. The fraction of sp³-hybridized carbons (Fsp3) is 0.190. The molecule has 0 aliphatic heterocycles. The highest BCUT2D eigenvalue weighted by molar-refractivity contribution is 6.02. The summed E-state index contributed by atoms with van der Waals surface area (Å²) in [5.74, 6) is 1.85. The molecule has 3 aromatic rings. The van der Waals surface area contributed by atoms with E-state index in [1.807, 2.05) is 0 Å². The highest BCUT2D eigenvalue weighted by Crippen LogP contribution is 2.18. The van der Waals surface area contributed by atoms with Crippen molar-refractivity contribution in [2.75, 3.05) is 25.6 Å². The molecule has 1 heterocycles. The van der Waals surface area contributed by atoms with Crippen LogP contribution in [-0.4, -0.2) is 37.4 Å². The summed E-state index contributed by atoms with van der Waals surface area (Å²) in [4.78, 5) is 11.9. The number of carbonyl (C=O) groups excluding carboxylic acids is 1. The Balaban J connectivity index is 1.41. The number of nitrogens with one attached hydrogen (secondary N) is 1. The van der Waals surface area contributed by atoms with E-state index in [1.54, 1.807) is 67.8 Å². The first-order valence-corrected chi connectivity index (χ1v) is 8.66. The summed E-state index contributed by atoms with van der Waals surface area (Å²) < 4.78 is 21.2. The van der Waals surface area contributed by atoms with Gasteiger partial charge in [-0.05, 0) is 60.7 Å². The Labute approximate surface area is 162 Å². The molecule has 2 N–H and O–H groups in total. The minimum Gasteiger partial charge on any atom is -0.497 e. The summed E-state index contributed by atoms with van der Waals surface area (Å²) in [6, 6.07) is 17.1. The van der Waals surface area contributed by atoms with Crippen LogP contribution in [0, 0.1) is 0 Å². The predicted octanol–water partition coefficient (Wildman–Crippen LogP) is 3.36. The maximum absolute atomic E-state index is 11.9. The highest BCUT2D eigenvalue weighted by Gasteiger charge is 2.10. The molecule has 0 fully saturated rings. The summed E-state index contributed by atoms with van der Waals surface area (Å²) in [5.41, 5.74) is 0.608. The number of amides is 1. The van der Waals surface area contributed by atoms with Crippen molar-refractivity contribution in [3.05, 3.63) is 72.7 Å². The van der Waals surface area contributed by atoms with Crippen molar-refractivity contribution in [1.29, 1.82) is 0 Å². The Morgan fingerprint density at radius 2 is 1.54 bits per heavy atom. The second-order valence-electron chi connectivity index (χ2n) is 5.91. The first-order chi connectivity index (χ1) is 13.6. The highest BCUT2D eigenvalue weighted by atomic mass is 16.5. The zero-order valence-corrected chi connectivity index (χ0v) is 15.3. The van der Waals surface area contributed by atoms with E-state index in [0.717, 1.165) is 5.75 Å². The second-order valence-corrected chi connectivity index (χ2v) is 5.91. The van der Waals surface area contributed by atoms with Gasteiger partial charge in [0.1, 0.15) is 36.6 Å². The van der Waals surface area contributed by atoms with Gasteiger partial charge < -0.3 is 29.1 Å². The molecular weight excluding hydrogens is 362 g/mol. The van der Waals surface area contributed by atoms with Crippen LogP contribution in [0.1, 0.15) is 10.6 Å². The number of methoxy groups -OCH3 is 1. The van der Waals surface area contributed by atoms with Crippen LogP contribution in [0.15, 0.2) is 71.3 Å². The standard InChI is InChI=1S/C21H21NO6/c1-25-17-8-10-19(11-9-17)28-14-16(23)13-27-18-6-4-15(5-7-18)22-21(24)20-3-2-12-26-20/h2-12,16,23H,13-14H2,1H3,(H,22,24). The molecule has 0 saturated heterocycles. The molecule has 7 nitrogen and oxygen atoms in total. The van der Waals surface area contributed by atoms with E-state index in [-0.39, 0.29) is 24.9 Å². The van der Waals surface area contributed by atoms with Gasteiger partial charge >= 0.3 is 0 Å². The van der Waals surface area contributed by atoms with Crippen LogP contribution >= 0.6 is 0 Å². The molecule has 1 unspecified atom stereocenters. The molecule has 0 aliphatic rings. The molecule has 0 bridgehead atoms. The number of benzene rings is 2. The lowest BCUT2D eigenvalue weighted by Gasteiger charge is -2.14. The fourth-order valence-corrected chi connectivity index (χ4v) is 2.34. The first kappa shape index (κ1) is 19.3. The average molecular weight is 383 g/mol. The molecule has 2 aromatic carbocycles. The number of hydrogen-bond acceptors (Lipinski definition) is 6. The number of anilines is 1. The Morgan fingerprint density at radius 1 is 0.964 bits per heavy atom. The summed E-state index contributed by atoms with van der Waals surface area (Å²) in [6.45, 7) is 0.178. The molecule has 1 aromatic heterocycles. The van der Waals surface area contributed by atoms with Gasteiger partial charge in [-0.25, -0.2) is 0 Å². The van der Waals surface area contributed by atoms with Gasteiger partial charge in [-0.2, -0.15) is 0 Å². The largest absolute Gasteiger partial charge is 0.497 e. The summed E-state index contributed by atoms with van der Waals surface area (Å²) >= 11 is 0. The third kappa shape index (κ3) is 5.52. The first-order valence-electron chi connectivity index (χ1n) is 8.66. The number of aliphatic hydroxyl groups is 1. The number of furan rings is 1. The van der Waals surface area contributed by atoms with Crippen molar-refractivity contribution in [3.8, 4) is 17.2 Å². The van der Waals surface area contributed by atoms with Crippen LogP contribution in [-0.2, 0) is 0 Å². The van der Waals surface area contributed by atoms with E-state index in [1.165, 1.54) is 6.26 Å². The zero-order valence-electron chi connectivity index (χ0n) is 15.3. The second kappa shape index (κ2) is 9.48. The quantitative estimate of drug-likeness (QED) is 0.589. The summed E-state index contributed by atoms with van der Waals surface area (Å²) in [5, 5.41) is 12.7. The maximum atomic E-state index is 11.9. The van der Waals surface area contributed by atoms with E-state index in [0.29, 0.717) is 17.2 Å². The predicted molar refractivity (Wildman–Crippen MR) is 103 cm³/mol. The van der Waals surface area contributed by atoms with Crippen molar-refractivity contribution in [1.82, 2.24) is 0 Å². The van der Waals surface area contributed by atoms with Crippen LogP contribution in [0.2, 0.25) is 0 Å². The maximum Gasteiger partial charge on any atom is 0.291 e. The topological polar surface area (TPSA) is 90.2 Å². The molecule has 3 rings (SSSR count). The Hall–Kier alpha value is -3.45. The van der Waals surface area contributed by atoms with Crippen LogP contribution in [0.3, 0.4) is 0 Å². The Bertz CT molecular complexity index is 859. The van der Waals surface area contributed by atoms with Gasteiger partial charge in [0.2, 0.25) is 0 Å². The number of carbonyl (C=O) groups is 1. The lowest BCUT2D eigenvalue weighted by atomic mass is 10.3. The number of rotatable bonds is 9. The van der Waals surface area contributed by atoms with Crippen molar-refractivity contribution < 1.29 is 28.5 Å². The van der Waals surface area contributed by atoms with E-state index in [2.05, 4.69) is 5.32 Å². The van der Waals surface area contributed by atoms with Crippen LogP contribution in [0.25, 0.3) is 0 Å². The molecule has 0 aliphatic carbocycles. The van der Waals surface area contributed by atoms with Gasteiger partial charge in [0.15, 0.2) is 5.76 Å². The van der Waals surface area contributed by atoms with E-state index in [9.17, 15) is 9.90 Å². The average Bonchev–Trinajstić information content (AvgIpc) is 3.27. The van der Waals surface area contributed by atoms with E-state index < -0.39 is 6.10 Å². The number of ether oxygens (including phenoxy) is 3.